The molecule has 0 atom stereocenters. The number of aryl methyl sites for hydroxylation is 1. The number of aromatic amines is 1. The first-order valence-corrected chi connectivity index (χ1v) is 9.30. The fourth-order valence-electron chi connectivity index (χ4n) is 3.77. The molecule has 0 spiro atoms. The minimum Gasteiger partial charge on any atom is -0.396 e. The zero-order valence-electron chi connectivity index (χ0n) is 16.0. The van der Waals surface area contributed by atoms with E-state index in [4.69, 9.17) is 21.9 Å². The highest BCUT2D eigenvalue weighted by atomic mass is 19.1. The zero-order valence-corrected chi connectivity index (χ0v) is 16.0. The van der Waals surface area contributed by atoms with Gasteiger partial charge in [0, 0.05) is 43.5 Å². The summed E-state index contributed by atoms with van der Waals surface area (Å²) in [6.07, 6.45) is 0.964. The van der Waals surface area contributed by atoms with Gasteiger partial charge in [0.15, 0.2) is 0 Å². The number of aromatic nitrogens is 2. The van der Waals surface area contributed by atoms with Crippen molar-refractivity contribution in [2.45, 2.75) is 6.92 Å². The van der Waals surface area contributed by atoms with Gasteiger partial charge in [0.05, 0.1) is 16.7 Å². The van der Waals surface area contributed by atoms with Gasteiger partial charge in [-0.2, -0.15) is 0 Å². The molecule has 1 aliphatic heterocycles. The number of halogens is 1. The van der Waals surface area contributed by atoms with E-state index in [0.717, 1.165) is 43.8 Å². The number of hydrogen-bond acceptors (Lipinski definition) is 7. The number of rotatable bonds is 3. The van der Waals surface area contributed by atoms with Crippen molar-refractivity contribution in [3.05, 3.63) is 45.5 Å². The summed E-state index contributed by atoms with van der Waals surface area (Å²) in [7, 11) is 0. The Kier molecular flexibility index (Phi) is 4.67. The van der Waals surface area contributed by atoms with E-state index in [2.05, 4.69) is 15.2 Å². The van der Waals surface area contributed by atoms with E-state index in [1.165, 1.54) is 12.1 Å². The van der Waals surface area contributed by atoms with Gasteiger partial charge in [0.1, 0.15) is 17.3 Å². The lowest BCUT2D eigenvalue weighted by Gasteiger charge is -2.30. The molecule has 0 radical (unpaired) electrons. The molecule has 1 aromatic carbocycles. The Morgan fingerprint density at radius 3 is 2.66 bits per heavy atom. The van der Waals surface area contributed by atoms with Gasteiger partial charge in [-0.3, -0.25) is 4.79 Å². The lowest BCUT2D eigenvalue weighted by Crippen LogP contribution is -2.44. The molecule has 1 fully saturated rings. The van der Waals surface area contributed by atoms with Gasteiger partial charge in [-0.15, -0.1) is 0 Å². The molecule has 3 heterocycles. The number of H-pyrrole nitrogens is 1. The molecular weight excluding hydrogens is 373 g/mol. The molecule has 1 aliphatic rings. The topological polar surface area (TPSA) is 137 Å². The Morgan fingerprint density at radius 2 is 1.97 bits per heavy atom. The van der Waals surface area contributed by atoms with Crippen LogP contribution in [0.2, 0.25) is 0 Å². The Bertz CT molecular complexity index is 1180. The molecule has 2 aromatic heterocycles. The van der Waals surface area contributed by atoms with Crippen molar-refractivity contribution in [1.82, 2.24) is 15.3 Å². The van der Waals surface area contributed by atoms with E-state index in [0.29, 0.717) is 22.2 Å². The van der Waals surface area contributed by atoms with E-state index >= 15 is 0 Å². The van der Waals surface area contributed by atoms with E-state index in [1.54, 1.807) is 0 Å². The second kappa shape index (κ2) is 7.17. The molecule has 4 rings (SSSR count). The molecular formula is C20H22FN7O. The van der Waals surface area contributed by atoms with Crippen LogP contribution in [-0.2, 0) is 0 Å². The Balaban J connectivity index is 2.05. The predicted octanol–water partition coefficient (Wildman–Crippen LogP) is 1.61. The number of hydrogen-bond donors (Lipinski definition) is 5. The predicted molar refractivity (Wildman–Crippen MR) is 114 cm³/mol. The number of piperazine rings is 1. The molecule has 29 heavy (non-hydrogen) atoms. The number of nitrogens with one attached hydrogen (secondary N) is 3. The van der Waals surface area contributed by atoms with Gasteiger partial charge < -0.3 is 32.1 Å². The molecule has 0 amide bonds. The van der Waals surface area contributed by atoms with E-state index < -0.39 is 11.4 Å². The van der Waals surface area contributed by atoms with Crippen molar-refractivity contribution in [2.24, 2.45) is 0 Å². The third kappa shape index (κ3) is 3.09. The highest BCUT2D eigenvalue weighted by Gasteiger charge is 2.21. The second-order valence-electron chi connectivity index (χ2n) is 7.07. The fourth-order valence-corrected chi connectivity index (χ4v) is 3.77. The average molecular weight is 395 g/mol. The number of benzene rings is 1. The van der Waals surface area contributed by atoms with E-state index in [1.807, 2.05) is 13.0 Å². The summed E-state index contributed by atoms with van der Waals surface area (Å²) < 4.78 is 14.0. The van der Waals surface area contributed by atoms with Crippen LogP contribution in [0.5, 0.6) is 0 Å². The largest absolute Gasteiger partial charge is 0.396 e. The first-order valence-electron chi connectivity index (χ1n) is 9.30. The van der Waals surface area contributed by atoms with Crippen LogP contribution < -0.4 is 27.2 Å². The summed E-state index contributed by atoms with van der Waals surface area (Å²) in [4.78, 5) is 22.3. The maximum atomic E-state index is 14.0. The van der Waals surface area contributed by atoms with Crippen molar-refractivity contribution in [2.75, 3.05) is 42.5 Å². The molecule has 3 aromatic rings. The quantitative estimate of drug-likeness (QED) is 0.337. The first kappa shape index (κ1) is 18.9. The van der Waals surface area contributed by atoms with Gasteiger partial charge in [-0.1, -0.05) is 6.07 Å². The third-order valence-corrected chi connectivity index (χ3v) is 5.25. The second-order valence-corrected chi connectivity index (χ2v) is 7.07. The number of anilines is 3. The van der Waals surface area contributed by atoms with Crippen LogP contribution in [0.15, 0.2) is 23.0 Å². The lowest BCUT2D eigenvalue weighted by molar-refractivity contribution is 0.584. The fraction of sp³-hybridized carbons (Fsp3) is 0.250. The van der Waals surface area contributed by atoms with Crippen LogP contribution in [0.1, 0.15) is 11.1 Å². The number of nitrogen functional groups attached to an aromatic ring is 2. The van der Waals surface area contributed by atoms with Crippen LogP contribution in [0.4, 0.5) is 21.6 Å². The van der Waals surface area contributed by atoms with Gasteiger partial charge in [-0.25, -0.2) is 9.37 Å². The SMILES string of the molecule is Cc1cc2[nH]c(=O)c(N)c(-c3ccc(F)c(N)c3C=N)c2nc1N1CCNCC1. The van der Waals surface area contributed by atoms with Crippen LogP contribution in [0.25, 0.3) is 22.2 Å². The lowest BCUT2D eigenvalue weighted by atomic mass is 9.96. The molecule has 8 nitrogen and oxygen atoms in total. The van der Waals surface area contributed by atoms with E-state index in [-0.39, 0.29) is 16.9 Å². The summed E-state index contributed by atoms with van der Waals surface area (Å²) >= 11 is 0. The maximum absolute atomic E-state index is 14.0. The molecule has 0 unspecified atom stereocenters. The first-order chi connectivity index (χ1) is 13.9. The van der Waals surface area contributed by atoms with Crippen LogP contribution in [-0.4, -0.2) is 42.4 Å². The standard InChI is InChI=1S/C20H22FN7O/c1-10-8-14-18(27-19(10)28-6-4-25-5-7-28)15(17(24)20(29)26-14)11-2-3-13(21)16(23)12(11)9-22/h2-3,8-9,22,25H,4-7,23-24H2,1H3,(H,26,29). The van der Waals surface area contributed by atoms with Gasteiger partial charge in [0.25, 0.3) is 5.56 Å². The Labute approximate surface area is 166 Å². The molecule has 9 heteroatoms. The zero-order chi connectivity index (χ0) is 20.7. The highest BCUT2D eigenvalue weighted by Crippen LogP contribution is 2.36. The van der Waals surface area contributed by atoms with E-state index in [9.17, 15) is 9.18 Å². The molecule has 7 N–H and O–H groups in total. The normalized spacial score (nSPS) is 14.3. The van der Waals surface area contributed by atoms with Gasteiger partial charge in [-0.05, 0) is 30.2 Å². The minimum absolute atomic E-state index is 0.0470. The molecule has 0 bridgehead atoms. The molecule has 150 valence electrons. The third-order valence-electron chi connectivity index (χ3n) is 5.25. The van der Waals surface area contributed by atoms with Gasteiger partial charge in [0.2, 0.25) is 0 Å². The number of nitrogens with zero attached hydrogens (tertiary/aromatic N) is 2. The highest BCUT2D eigenvalue weighted by molar-refractivity contribution is 6.05. The Morgan fingerprint density at radius 1 is 1.24 bits per heavy atom. The summed E-state index contributed by atoms with van der Waals surface area (Å²) in [5, 5.41) is 11.0. The average Bonchev–Trinajstić information content (AvgIpc) is 2.72. The molecule has 0 saturated carbocycles. The molecule has 1 saturated heterocycles. The van der Waals surface area contributed by atoms with Crippen molar-refractivity contribution < 1.29 is 4.39 Å². The van der Waals surface area contributed by atoms with Crippen LogP contribution in [0, 0.1) is 18.2 Å². The number of nitrogens with two attached hydrogens (primary N) is 2. The monoisotopic (exact) mass is 395 g/mol. The summed E-state index contributed by atoms with van der Waals surface area (Å²) in [5.41, 5.74) is 14.1. The summed E-state index contributed by atoms with van der Waals surface area (Å²) in [6.45, 7) is 5.26. The number of pyridine rings is 2. The summed E-state index contributed by atoms with van der Waals surface area (Å²) in [5.74, 6) is 0.170. The smallest absolute Gasteiger partial charge is 0.272 e. The van der Waals surface area contributed by atoms with Crippen molar-refractivity contribution in [1.29, 1.82) is 5.41 Å². The maximum Gasteiger partial charge on any atom is 0.272 e. The van der Waals surface area contributed by atoms with Crippen LogP contribution in [0.3, 0.4) is 0 Å². The van der Waals surface area contributed by atoms with Gasteiger partial charge >= 0.3 is 0 Å². The van der Waals surface area contributed by atoms with Crippen molar-refractivity contribution in [3.63, 3.8) is 0 Å². The van der Waals surface area contributed by atoms with Crippen molar-refractivity contribution >= 4 is 34.4 Å². The molecule has 0 aliphatic carbocycles. The minimum atomic E-state index is -0.634. The van der Waals surface area contributed by atoms with Crippen LogP contribution >= 0.6 is 0 Å². The Hall–Kier alpha value is -3.46. The number of fused-ring (bicyclic) bond motifs is 1. The summed E-state index contributed by atoms with van der Waals surface area (Å²) in [6, 6.07) is 4.54. The van der Waals surface area contributed by atoms with Crippen molar-refractivity contribution in [3.8, 4) is 11.1 Å².